The first kappa shape index (κ1) is 7.27. The van der Waals surface area contributed by atoms with Gasteiger partial charge >= 0.3 is 0 Å². The fourth-order valence-electron chi connectivity index (χ4n) is 1.15. The van der Waals surface area contributed by atoms with Crippen LogP contribution in [0, 0.1) is 3.70 Å². The highest BCUT2D eigenvalue weighted by atomic mass is 127. The van der Waals surface area contributed by atoms with Crippen molar-refractivity contribution in [2.24, 2.45) is 0 Å². The van der Waals surface area contributed by atoms with Crippen molar-refractivity contribution in [2.45, 2.75) is 12.8 Å². The molecular formula is C7H7IN2O. The lowest BCUT2D eigenvalue weighted by atomic mass is 10.1. The molecule has 0 N–H and O–H groups in total. The molecule has 2 rings (SSSR count). The van der Waals surface area contributed by atoms with Crippen molar-refractivity contribution in [1.29, 1.82) is 0 Å². The Labute approximate surface area is 78.3 Å². The molecular weight excluding hydrogens is 255 g/mol. The lowest BCUT2D eigenvalue weighted by molar-refractivity contribution is 0.285. The summed E-state index contributed by atoms with van der Waals surface area (Å²) in [5.41, 5.74) is 1.21. The smallest absolute Gasteiger partial charge is 0.145 e. The molecule has 0 bridgehead atoms. The highest BCUT2D eigenvalue weighted by Crippen LogP contribution is 2.25. The van der Waals surface area contributed by atoms with Crippen molar-refractivity contribution in [1.82, 2.24) is 10.2 Å². The second-order valence-electron chi connectivity index (χ2n) is 2.43. The van der Waals surface area contributed by atoms with Crippen LogP contribution in [-0.2, 0) is 6.42 Å². The van der Waals surface area contributed by atoms with Gasteiger partial charge in [-0.2, -0.15) is 5.10 Å². The molecule has 0 atom stereocenters. The largest absolute Gasteiger partial charge is 0.492 e. The van der Waals surface area contributed by atoms with Gasteiger partial charge in [-0.15, -0.1) is 5.10 Å². The Hall–Kier alpha value is -0.390. The number of halogens is 1. The van der Waals surface area contributed by atoms with E-state index in [1.54, 1.807) is 6.20 Å². The molecule has 3 nitrogen and oxygen atoms in total. The maximum absolute atomic E-state index is 5.40. The van der Waals surface area contributed by atoms with Gasteiger partial charge in [-0.05, 0) is 35.4 Å². The summed E-state index contributed by atoms with van der Waals surface area (Å²) in [6.07, 6.45) is 3.86. The maximum Gasteiger partial charge on any atom is 0.145 e. The third-order valence-corrected chi connectivity index (χ3v) is 2.56. The van der Waals surface area contributed by atoms with Crippen LogP contribution in [0.5, 0.6) is 5.75 Å². The van der Waals surface area contributed by atoms with E-state index in [4.69, 9.17) is 4.74 Å². The summed E-state index contributed by atoms with van der Waals surface area (Å²) in [6, 6.07) is 0. The maximum atomic E-state index is 5.40. The molecule has 4 heteroatoms. The fourth-order valence-corrected chi connectivity index (χ4v) is 1.81. The Morgan fingerprint density at radius 3 is 3.27 bits per heavy atom. The minimum Gasteiger partial charge on any atom is -0.492 e. The van der Waals surface area contributed by atoms with Gasteiger partial charge in [0.25, 0.3) is 0 Å². The number of nitrogens with zero attached hydrogens (tertiary/aromatic N) is 2. The van der Waals surface area contributed by atoms with E-state index in [0.29, 0.717) is 0 Å². The van der Waals surface area contributed by atoms with E-state index in [2.05, 4.69) is 32.8 Å². The molecule has 0 aliphatic carbocycles. The molecule has 0 amide bonds. The third kappa shape index (κ3) is 1.31. The van der Waals surface area contributed by atoms with E-state index in [1.165, 1.54) is 5.56 Å². The van der Waals surface area contributed by atoms with Gasteiger partial charge in [0.05, 0.1) is 12.8 Å². The number of rotatable bonds is 0. The molecule has 0 unspecified atom stereocenters. The van der Waals surface area contributed by atoms with Gasteiger partial charge in [0.1, 0.15) is 9.45 Å². The Bertz CT molecular complexity index is 277. The van der Waals surface area contributed by atoms with E-state index in [0.717, 1.165) is 28.9 Å². The van der Waals surface area contributed by atoms with Crippen molar-refractivity contribution in [3.63, 3.8) is 0 Å². The average molecular weight is 262 g/mol. The van der Waals surface area contributed by atoms with Crippen LogP contribution < -0.4 is 4.74 Å². The van der Waals surface area contributed by atoms with Gasteiger partial charge < -0.3 is 4.74 Å². The summed E-state index contributed by atoms with van der Waals surface area (Å²) in [6.45, 7) is 0.814. The molecule has 58 valence electrons. The van der Waals surface area contributed by atoms with Crippen molar-refractivity contribution >= 4 is 22.6 Å². The van der Waals surface area contributed by atoms with Gasteiger partial charge in [0.15, 0.2) is 0 Å². The van der Waals surface area contributed by atoms with Crippen LogP contribution in [0.1, 0.15) is 12.0 Å². The van der Waals surface area contributed by atoms with Crippen molar-refractivity contribution < 1.29 is 4.74 Å². The van der Waals surface area contributed by atoms with E-state index < -0.39 is 0 Å². The van der Waals surface area contributed by atoms with Crippen molar-refractivity contribution in [3.8, 4) is 5.75 Å². The standard InChI is InChI=1S/C7H7IN2O/c8-7-5-2-1-3-11-6(5)4-9-10-7/h4H,1-3H2. The van der Waals surface area contributed by atoms with Gasteiger partial charge in [0.2, 0.25) is 0 Å². The van der Waals surface area contributed by atoms with Crippen LogP contribution in [0.25, 0.3) is 0 Å². The summed E-state index contributed by atoms with van der Waals surface area (Å²) in [4.78, 5) is 0. The second kappa shape index (κ2) is 2.92. The molecule has 0 aromatic carbocycles. The summed E-state index contributed by atoms with van der Waals surface area (Å²) in [5, 5.41) is 7.76. The lowest BCUT2D eigenvalue weighted by Crippen LogP contribution is -2.11. The number of hydrogen-bond acceptors (Lipinski definition) is 3. The highest BCUT2D eigenvalue weighted by molar-refractivity contribution is 14.1. The summed E-state index contributed by atoms with van der Waals surface area (Å²) in [7, 11) is 0. The number of hydrogen-bond donors (Lipinski definition) is 0. The van der Waals surface area contributed by atoms with Crippen LogP contribution in [0.3, 0.4) is 0 Å². The minimum absolute atomic E-state index is 0.814. The van der Waals surface area contributed by atoms with E-state index >= 15 is 0 Å². The summed E-state index contributed by atoms with van der Waals surface area (Å²) < 4.78 is 6.37. The van der Waals surface area contributed by atoms with Crippen LogP contribution >= 0.6 is 22.6 Å². The molecule has 0 fully saturated rings. The first-order valence-electron chi connectivity index (χ1n) is 3.51. The van der Waals surface area contributed by atoms with E-state index in [-0.39, 0.29) is 0 Å². The van der Waals surface area contributed by atoms with Crippen LogP contribution in [0.4, 0.5) is 0 Å². The van der Waals surface area contributed by atoms with Crippen molar-refractivity contribution in [3.05, 3.63) is 15.5 Å². The number of ether oxygens (including phenoxy) is 1. The zero-order valence-electron chi connectivity index (χ0n) is 5.88. The number of fused-ring (bicyclic) bond motifs is 1. The Morgan fingerprint density at radius 2 is 2.45 bits per heavy atom. The topological polar surface area (TPSA) is 35.0 Å². The molecule has 1 aliphatic heterocycles. The number of aromatic nitrogens is 2. The van der Waals surface area contributed by atoms with Crippen LogP contribution in [0.15, 0.2) is 6.20 Å². The fraction of sp³-hybridized carbons (Fsp3) is 0.429. The highest BCUT2D eigenvalue weighted by Gasteiger charge is 2.13. The zero-order chi connectivity index (χ0) is 7.68. The molecule has 0 radical (unpaired) electrons. The Balaban J connectivity index is 2.49. The molecule has 0 saturated heterocycles. The lowest BCUT2D eigenvalue weighted by Gasteiger charge is -2.16. The predicted octanol–water partition coefficient (Wildman–Crippen LogP) is 1.41. The monoisotopic (exact) mass is 262 g/mol. The summed E-state index contributed by atoms with van der Waals surface area (Å²) >= 11 is 2.19. The second-order valence-corrected chi connectivity index (χ2v) is 3.45. The minimum atomic E-state index is 0.814. The molecule has 1 aliphatic rings. The van der Waals surface area contributed by atoms with Crippen molar-refractivity contribution in [2.75, 3.05) is 6.61 Å². The normalized spacial score (nSPS) is 15.4. The SMILES string of the molecule is Ic1nncc2c1CCCO2. The molecule has 0 saturated carbocycles. The van der Waals surface area contributed by atoms with Gasteiger partial charge in [-0.25, -0.2) is 0 Å². The molecule has 0 spiro atoms. The predicted molar refractivity (Wildman–Crippen MR) is 48.6 cm³/mol. The van der Waals surface area contributed by atoms with Gasteiger partial charge in [-0.3, -0.25) is 0 Å². The summed E-state index contributed by atoms with van der Waals surface area (Å²) in [5.74, 6) is 0.913. The Morgan fingerprint density at radius 1 is 1.55 bits per heavy atom. The van der Waals surface area contributed by atoms with E-state index in [9.17, 15) is 0 Å². The van der Waals surface area contributed by atoms with E-state index in [1.807, 2.05) is 0 Å². The molecule has 11 heavy (non-hydrogen) atoms. The Kier molecular flexibility index (Phi) is 1.93. The molecule has 2 heterocycles. The van der Waals surface area contributed by atoms with Gasteiger partial charge in [-0.1, -0.05) is 0 Å². The first-order valence-corrected chi connectivity index (χ1v) is 4.58. The van der Waals surface area contributed by atoms with Crippen LogP contribution in [-0.4, -0.2) is 16.8 Å². The van der Waals surface area contributed by atoms with Gasteiger partial charge in [0, 0.05) is 5.56 Å². The first-order chi connectivity index (χ1) is 5.38. The zero-order valence-corrected chi connectivity index (χ0v) is 8.04. The molecule has 1 aromatic rings. The van der Waals surface area contributed by atoms with Crippen LogP contribution in [0.2, 0.25) is 0 Å². The average Bonchev–Trinajstić information content (AvgIpc) is 2.06. The quantitative estimate of drug-likeness (QED) is 0.663. The molecule has 1 aromatic heterocycles. The third-order valence-electron chi connectivity index (χ3n) is 1.70.